The smallest absolute Gasteiger partial charge is 0.328 e. The molecule has 0 saturated carbocycles. The average molecular weight is 383 g/mol. The fourth-order valence-corrected chi connectivity index (χ4v) is 2.96. The Morgan fingerprint density at radius 3 is 2.73 bits per heavy atom. The van der Waals surface area contributed by atoms with Crippen LogP contribution in [-0.4, -0.2) is 77.7 Å². The lowest BCUT2D eigenvalue weighted by molar-refractivity contribution is -0.131. The molecule has 1 aromatic rings. The first-order valence-corrected chi connectivity index (χ1v) is 8.32. The lowest BCUT2D eigenvalue weighted by atomic mass is 10.1. The maximum Gasteiger partial charge on any atom is 0.328 e. The number of aromatic nitrogens is 1. The summed E-state index contributed by atoms with van der Waals surface area (Å²) in [7, 11) is 0. The number of carbonyl (C=O) groups is 2. The van der Waals surface area contributed by atoms with Crippen LogP contribution < -0.4 is 5.32 Å². The highest BCUT2D eigenvalue weighted by atomic mass is 35.5. The minimum absolute atomic E-state index is 0. The topological polar surface area (TPSA) is 95.0 Å². The van der Waals surface area contributed by atoms with Crippen molar-refractivity contribution in [2.24, 2.45) is 0 Å². The Kier molecular flexibility index (Phi) is 7.52. The molecule has 3 rings (SSSR count). The normalized spacial score (nSPS) is 18.7. The van der Waals surface area contributed by atoms with Gasteiger partial charge in [-0.1, -0.05) is 0 Å². The lowest BCUT2D eigenvalue weighted by Gasteiger charge is -2.29. The number of carbonyl (C=O) groups excluding carboxylic acids is 1. The molecular weight excluding hydrogens is 360 g/mol. The Bertz CT molecular complexity index is 677. The van der Waals surface area contributed by atoms with E-state index in [4.69, 9.17) is 9.84 Å². The summed E-state index contributed by atoms with van der Waals surface area (Å²) in [6.07, 6.45) is 4.14. The van der Waals surface area contributed by atoms with E-state index in [1.165, 1.54) is 6.08 Å². The van der Waals surface area contributed by atoms with Crippen molar-refractivity contribution in [3.8, 4) is 0 Å². The molecule has 0 spiro atoms. The molecule has 2 N–H and O–H groups in total. The van der Waals surface area contributed by atoms with Crippen molar-refractivity contribution in [3.05, 3.63) is 29.5 Å². The molecule has 9 heteroatoms. The minimum atomic E-state index is -1.00. The van der Waals surface area contributed by atoms with Crippen molar-refractivity contribution in [2.45, 2.75) is 6.54 Å². The Morgan fingerprint density at radius 1 is 1.27 bits per heavy atom. The molecule has 0 radical (unpaired) electrons. The Labute approximate surface area is 158 Å². The lowest BCUT2D eigenvalue weighted by Crippen LogP contribution is -2.42. The second kappa shape index (κ2) is 9.63. The molecule has 1 amide bonds. The van der Waals surface area contributed by atoms with Gasteiger partial charge in [0.05, 0.1) is 19.8 Å². The zero-order valence-electron chi connectivity index (χ0n) is 14.4. The van der Waals surface area contributed by atoms with Crippen molar-refractivity contribution >= 4 is 36.2 Å². The van der Waals surface area contributed by atoms with E-state index in [1.807, 2.05) is 6.07 Å². The standard InChI is InChI=1S/C17H22N4O4.ClH/c22-15-12-21(4-3-20-5-7-25-8-6-20)11-14-9-13(1-2-16(23)24)10-18-17(14)19-15;/h1-2,9-10H,3-8,11-12H2,(H,23,24)(H,18,19,22);1H. The van der Waals surface area contributed by atoms with Crippen LogP contribution in [0.3, 0.4) is 0 Å². The van der Waals surface area contributed by atoms with E-state index < -0.39 is 5.97 Å². The van der Waals surface area contributed by atoms with Gasteiger partial charge in [-0.2, -0.15) is 0 Å². The summed E-state index contributed by atoms with van der Waals surface area (Å²) in [4.78, 5) is 31.4. The number of hydrogen-bond acceptors (Lipinski definition) is 6. The summed E-state index contributed by atoms with van der Waals surface area (Å²) in [6.45, 7) is 5.94. The van der Waals surface area contributed by atoms with Gasteiger partial charge in [-0.25, -0.2) is 9.78 Å². The molecule has 8 nitrogen and oxygen atoms in total. The van der Waals surface area contributed by atoms with Crippen molar-refractivity contribution in [1.29, 1.82) is 0 Å². The summed E-state index contributed by atoms with van der Waals surface area (Å²) in [5.74, 6) is -0.538. The van der Waals surface area contributed by atoms with Gasteiger partial charge in [-0.15, -0.1) is 12.4 Å². The summed E-state index contributed by atoms with van der Waals surface area (Å²) in [5.41, 5.74) is 1.59. The monoisotopic (exact) mass is 382 g/mol. The predicted octanol–water partition coefficient (Wildman–Crippen LogP) is 0.688. The fourth-order valence-electron chi connectivity index (χ4n) is 2.96. The molecule has 2 aliphatic rings. The molecule has 3 heterocycles. The van der Waals surface area contributed by atoms with E-state index in [0.29, 0.717) is 24.5 Å². The second-order valence-corrected chi connectivity index (χ2v) is 6.16. The molecule has 2 aliphatic heterocycles. The molecule has 0 bridgehead atoms. The minimum Gasteiger partial charge on any atom is -0.478 e. The van der Waals surface area contributed by atoms with Crippen LogP contribution in [0.25, 0.3) is 6.08 Å². The molecule has 1 saturated heterocycles. The number of fused-ring (bicyclic) bond motifs is 1. The number of amides is 1. The van der Waals surface area contributed by atoms with E-state index in [1.54, 1.807) is 6.20 Å². The number of nitrogens with zero attached hydrogens (tertiary/aromatic N) is 3. The summed E-state index contributed by atoms with van der Waals surface area (Å²) >= 11 is 0. The first-order valence-electron chi connectivity index (χ1n) is 8.32. The maximum absolute atomic E-state index is 12.1. The van der Waals surface area contributed by atoms with Gasteiger partial charge in [0.1, 0.15) is 5.82 Å². The molecule has 1 aromatic heterocycles. The third-order valence-electron chi connectivity index (χ3n) is 4.26. The van der Waals surface area contributed by atoms with Gasteiger partial charge in [0, 0.05) is 50.6 Å². The molecule has 0 aliphatic carbocycles. The number of ether oxygens (including phenoxy) is 1. The number of nitrogens with one attached hydrogen (secondary N) is 1. The van der Waals surface area contributed by atoms with Crippen LogP contribution in [0, 0.1) is 0 Å². The van der Waals surface area contributed by atoms with Crippen molar-refractivity contribution in [3.63, 3.8) is 0 Å². The van der Waals surface area contributed by atoms with Crippen LogP contribution in [0.1, 0.15) is 11.1 Å². The van der Waals surface area contributed by atoms with Gasteiger partial charge >= 0.3 is 5.97 Å². The van der Waals surface area contributed by atoms with Crippen LogP contribution in [0.4, 0.5) is 5.82 Å². The van der Waals surface area contributed by atoms with Gasteiger partial charge in [0.15, 0.2) is 0 Å². The first kappa shape index (κ1) is 20.3. The highest BCUT2D eigenvalue weighted by Gasteiger charge is 2.21. The second-order valence-electron chi connectivity index (χ2n) is 6.16. The van der Waals surface area contributed by atoms with Crippen LogP contribution in [-0.2, 0) is 20.9 Å². The van der Waals surface area contributed by atoms with Gasteiger partial charge in [-0.3, -0.25) is 14.6 Å². The molecule has 1 fully saturated rings. The predicted molar refractivity (Wildman–Crippen MR) is 99.3 cm³/mol. The van der Waals surface area contributed by atoms with Crippen LogP contribution in [0.5, 0.6) is 0 Å². The number of anilines is 1. The Morgan fingerprint density at radius 2 is 2.00 bits per heavy atom. The van der Waals surface area contributed by atoms with E-state index in [0.717, 1.165) is 51.0 Å². The fraction of sp³-hybridized carbons (Fsp3) is 0.471. The first-order chi connectivity index (χ1) is 12.1. The van der Waals surface area contributed by atoms with Gasteiger partial charge < -0.3 is 15.2 Å². The van der Waals surface area contributed by atoms with Gasteiger partial charge in [0.2, 0.25) is 5.91 Å². The van der Waals surface area contributed by atoms with E-state index in [2.05, 4.69) is 20.1 Å². The number of carboxylic acid groups (broad SMARTS) is 1. The quantitative estimate of drug-likeness (QED) is 0.723. The molecule has 26 heavy (non-hydrogen) atoms. The Hall–Kier alpha value is -2.00. The highest BCUT2D eigenvalue weighted by Crippen LogP contribution is 2.20. The molecule has 142 valence electrons. The van der Waals surface area contributed by atoms with Gasteiger partial charge in [0.25, 0.3) is 0 Å². The van der Waals surface area contributed by atoms with Crippen molar-refractivity contribution in [2.75, 3.05) is 51.3 Å². The summed E-state index contributed by atoms with van der Waals surface area (Å²) in [5, 5.41) is 11.6. The zero-order chi connectivity index (χ0) is 17.6. The van der Waals surface area contributed by atoms with Crippen molar-refractivity contribution < 1.29 is 19.4 Å². The molecule has 0 atom stereocenters. The molecule has 0 aromatic carbocycles. The van der Waals surface area contributed by atoms with Crippen LogP contribution in [0.15, 0.2) is 18.3 Å². The maximum atomic E-state index is 12.1. The number of pyridine rings is 1. The number of halogens is 1. The van der Waals surface area contributed by atoms with E-state index >= 15 is 0 Å². The number of carboxylic acids is 1. The summed E-state index contributed by atoms with van der Waals surface area (Å²) in [6, 6.07) is 1.87. The van der Waals surface area contributed by atoms with Crippen molar-refractivity contribution in [1.82, 2.24) is 14.8 Å². The largest absolute Gasteiger partial charge is 0.478 e. The molecular formula is C17H23ClN4O4. The van der Waals surface area contributed by atoms with E-state index in [-0.39, 0.29) is 18.3 Å². The number of rotatable bonds is 5. The van der Waals surface area contributed by atoms with Crippen LogP contribution in [0.2, 0.25) is 0 Å². The van der Waals surface area contributed by atoms with E-state index in [9.17, 15) is 9.59 Å². The average Bonchev–Trinajstić information content (AvgIpc) is 2.76. The zero-order valence-corrected chi connectivity index (χ0v) is 15.2. The van der Waals surface area contributed by atoms with Gasteiger partial charge in [-0.05, 0) is 17.7 Å². The molecule has 0 unspecified atom stereocenters. The third-order valence-corrected chi connectivity index (χ3v) is 4.26. The third kappa shape index (κ3) is 5.77. The number of morpholine rings is 1. The summed E-state index contributed by atoms with van der Waals surface area (Å²) < 4.78 is 5.35. The number of aliphatic carboxylic acids is 1. The SMILES string of the molecule is Cl.O=C(O)C=Cc1cnc2c(c1)CN(CCN1CCOCC1)CC(=O)N2. The highest BCUT2D eigenvalue weighted by molar-refractivity contribution is 5.93. The van der Waals surface area contributed by atoms with Crippen LogP contribution >= 0.6 is 12.4 Å². The Balaban J connectivity index is 0.00000243. The number of hydrogen-bond donors (Lipinski definition) is 2.